The van der Waals surface area contributed by atoms with Gasteiger partial charge in [-0.05, 0) is 37.0 Å². The van der Waals surface area contributed by atoms with Crippen molar-refractivity contribution in [2.75, 3.05) is 6.61 Å². The van der Waals surface area contributed by atoms with Gasteiger partial charge in [0.15, 0.2) is 0 Å². The van der Waals surface area contributed by atoms with Crippen LogP contribution in [0, 0.1) is 17.8 Å². The Labute approximate surface area is 148 Å². The van der Waals surface area contributed by atoms with Crippen LogP contribution in [0.15, 0.2) is 0 Å². The lowest BCUT2D eigenvalue weighted by Crippen LogP contribution is -2.29. The van der Waals surface area contributed by atoms with Crippen molar-refractivity contribution in [3.8, 4) is 0 Å². The quantitative estimate of drug-likeness (QED) is 0.550. The van der Waals surface area contributed by atoms with E-state index in [0.29, 0.717) is 6.61 Å². The molecule has 0 heterocycles. The van der Waals surface area contributed by atoms with E-state index >= 15 is 0 Å². The zero-order valence-electron chi connectivity index (χ0n) is 17.4. The molecule has 2 aliphatic carbocycles. The number of hydrogen-bond donors (Lipinski definition) is 1. The lowest BCUT2D eigenvalue weighted by atomic mass is 9.67. The molecule has 1 unspecified atom stereocenters. The maximum Gasteiger partial charge on any atom is 0.0433 e. The number of aliphatic hydroxyl groups excluding tert-OH is 1. The van der Waals surface area contributed by atoms with Crippen molar-refractivity contribution in [2.24, 2.45) is 17.8 Å². The third-order valence-corrected chi connectivity index (χ3v) is 4.74. The van der Waals surface area contributed by atoms with Gasteiger partial charge in [0.2, 0.25) is 0 Å². The van der Waals surface area contributed by atoms with Crippen molar-refractivity contribution >= 4 is 0 Å². The van der Waals surface area contributed by atoms with E-state index in [4.69, 9.17) is 5.11 Å². The standard InChI is InChI=1S/C11H22O.C6H12.C3H8.C2H6/c1-3-4-10(5-6-12)11-7-9(2)8-11;1-2-4-6-5-3-1;1-3-2;1-2/h9-12H,3-8H2,1-2H3;1-6H2;3H2,1-2H3;1-2H3. The van der Waals surface area contributed by atoms with Gasteiger partial charge in [0.1, 0.15) is 0 Å². The van der Waals surface area contributed by atoms with Crippen LogP contribution in [0.5, 0.6) is 0 Å². The molecule has 0 aromatic heterocycles. The molecule has 0 aromatic carbocycles. The maximum absolute atomic E-state index is 8.90. The lowest BCUT2D eigenvalue weighted by molar-refractivity contribution is 0.106. The van der Waals surface area contributed by atoms with Gasteiger partial charge in [0.25, 0.3) is 0 Å². The molecule has 2 fully saturated rings. The van der Waals surface area contributed by atoms with Gasteiger partial charge in [-0.3, -0.25) is 0 Å². The smallest absolute Gasteiger partial charge is 0.0433 e. The summed E-state index contributed by atoms with van der Waals surface area (Å²) in [5, 5.41) is 8.90. The molecule has 0 aliphatic heterocycles. The van der Waals surface area contributed by atoms with Crippen LogP contribution in [0.2, 0.25) is 0 Å². The second-order valence-corrected chi connectivity index (χ2v) is 7.23. The third kappa shape index (κ3) is 15.2. The highest BCUT2D eigenvalue weighted by molar-refractivity contribution is 4.81. The molecule has 2 saturated carbocycles. The molecule has 23 heavy (non-hydrogen) atoms. The molecule has 0 aromatic rings. The average Bonchev–Trinajstić information content (AvgIpc) is 2.57. The first-order chi connectivity index (χ1) is 11.2. The van der Waals surface area contributed by atoms with Crippen molar-refractivity contribution in [3.63, 3.8) is 0 Å². The minimum Gasteiger partial charge on any atom is -0.396 e. The van der Waals surface area contributed by atoms with E-state index in [1.165, 1.54) is 70.6 Å². The van der Waals surface area contributed by atoms with Crippen molar-refractivity contribution < 1.29 is 5.11 Å². The summed E-state index contributed by atoms with van der Waals surface area (Å²) in [4.78, 5) is 0. The Morgan fingerprint density at radius 1 is 0.826 bits per heavy atom. The summed E-state index contributed by atoms with van der Waals surface area (Å²) >= 11 is 0. The first-order valence-corrected chi connectivity index (χ1v) is 10.8. The van der Waals surface area contributed by atoms with Crippen molar-refractivity contribution in [3.05, 3.63) is 0 Å². The normalized spacial score (nSPS) is 23.6. The molecule has 1 atom stereocenters. The fourth-order valence-electron chi connectivity index (χ4n) is 3.56. The summed E-state index contributed by atoms with van der Waals surface area (Å²) in [5.74, 6) is 2.70. The van der Waals surface area contributed by atoms with Crippen molar-refractivity contribution in [1.82, 2.24) is 0 Å². The summed E-state index contributed by atoms with van der Waals surface area (Å²) in [6.07, 6.45) is 16.7. The Bertz CT molecular complexity index is 175. The zero-order valence-corrected chi connectivity index (χ0v) is 17.4. The second-order valence-electron chi connectivity index (χ2n) is 7.23. The third-order valence-electron chi connectivity index (χ3n) is 4.74. The average molecular weight is 329 g/mol. The molecule has 0 radical (unpaired) electrons. The van der Waals surface area contributed by atoms with E-state index in [0.717, 1.165) is 24.2 Å². The number of hydrogen-bond acceptors (Lipinski definition) is 1. The molecule has 2 aliphatic rings. The largest absolute Gasteiger partial charge is 0.396 e. The monoisotopic (exact) mass is 328 g/mol. The van der Waals surface area contributed by atoms with Gasteiger partial charge in [0, 0.05) is 6.61 Å². The van der Waals surface area contributed by atoms with Crippen LogP contribution in [-0.2, 0) is 0 Å². The summed E-state index contributed by atoms with van der Waals surface area (Å²) in [7, 11) is 0. The van der Waals surface area contributed by atoms with Gasteiger partial charge in [-0.25, -0.2) is 0 Å². The first kappa shape index (κ1) is 25.2. The van der Waals surface area contributed by atoms with E-state index in [2.05, 4.69) is 27.7 Å². The molecular formula is C22H48O. The fourth-order valence-corrected chi connectivity index (χ4v) is 3.56. The van der Waals surface area contributed by atoms with Crippen LogP contribution in [-0.4, -0.2) is 11.7 Å². The van der Waals surface area contributed by atoms with Gasteiger partial charge in [-0.2, -0.15) is 0 Å². The Kier molecular flexibility index (Phi) is 21.9. The van der Waals surface area contributed by atoms with E-state index < -0.39 is 0 Å². The number of rotatable bonds is 5. The topological polar surface area (TPSA) is 20.2 Å². The first-order valence-electron chi connectivity index (χ1n) is 10.8. The lowest BCUT2D eigenvalue weighted by Gasteiger charge is -2.38. The van der Waals surface area contributed by atoms with E-state index in [1.54, 1.807) is 0 Å². The SMILES string of the molecule is C1CCCCC1.CC.CCC.CCCC(CCO)C1CC(C)C1. The van der Waals surface area contributed by atoms with Crippen LogP contribution in [0.25, 0.3) is 0 Å². The molecule has 0 spiro atoms. The van der Waals surface area contributed by atoms with E-state index in [9.17, 15) is 0 Å². The molecule has 1 nitrogen and oxygen atoms in total. The Hall–Kier alpha value is -0.0400. The van der Waals surface area contributed by atoms with Crippen LogP contribution < -0.4 is 0 Å². The Balaban J connectivity index is 0. The van der Waals surface area contributed by atoms with Crippen molar-refractivity contribution in [2.45, 2.75) is 119 Å². The predicted molar refractivity (Wildman–Crippen MR) is 107 cm³/mol. The van der Waals surface area contributed by atoms with E-state index in [1.807, 2.05) is 13.8 Å². The Morgan fingerprint density at radius 3 is 1.48 bits per heavy atom. The fraction of sp³-hybridized carbons (Fsp3) is 1.00. The molecule has 1 N–H and O–H groups in total. The van der Waals surface area contributed by atoms with Crippen molar-refractivity contribution in [1.29, 1.82) is 0 Å². The summed E-state index contributed by atoms with van der Waals surface area (Å²) in [5.41, 5.74) is 0. The molecule has 0 amide bonds. The van der Waals surface area contributed by atoms with Crippen LogP contribution in [0.4, 0.5) is 0 Å². The molecule has 2 rings (SSSR count). The Morgan fingerprint density at radius 2 is 1.22 bits per heavy atom. The van der Waals surface area contributed by atoms with Crippen LogP contribution in [0.3, 0.4) is 0 Å². The highest BCUT2D eigenvalue weighted by Crippen LogP contribution is 2.41. The van der Waals surface area contributed by atoms with Gasteiger partial charge in [-0.1, -0.05) is 99.3 Å². The maximum atomic E-state index is 8.90. The number of aliphatic hydroxyl groups is 1. The summed E-state index contributed by atoms with van der Waals surface area (Å²) < 4.78 is 0. The molecule has 142 valence electrons. The zero-order chi connectivity index (χ0) is 17.9. The van der Waals surface area contributed by atoms with Crippen LogP contribution >= 0.6 is 0 Å². The minimum absolute atomic E-state index is 0.384. The molecule has 0 bridgehead atoms. The highest BCUT2D eigenvalue weighted by atomic mass is 16.3. The molecular weight excluding hydrogens is 280 g/mol. The second kappa shape index (κ2) is 20.0. The molecule has 0 saturated heterocycles. The van der Waals surface area contributed by atoms with Gasteiger partial charge in [0.05, 0.1) is 0 Å². The highest BCUT2D eigenvalue weighted by Gasteiger charge is 2.31. The van der Waals surface area contributed by atoms with Crippen LogP contribution in [0.1, 0.15) is 119 Å². The van der Waals surface area contributed by atoms with Gasteiger partial charge < -0.3 is 5.11 Å². The van der Waals surface area contributed by atoms with Gasteiger partial charge in [-0.15, -0.1) is 0 Å². The van der Waals surface area contributed by atoms with Gasteiger partial charge >= 0.3 is 0 Å². The predicted octanol–water partition coefficient (Wildman–Crippen LogP) is 7.61. The molecule has 1 heteroatoms. The summed E-state index contributed by atoms with van der Waals surface area (Å²) in [6, 6.07) is 0. The van der Waals surface area contributed by atoms with E-state index in [-0.39, 0.29) is 0 Å². The minimum atomic E-state index is 0.384. The summed E-state index contributed by atoms with van der Waals surface area (Å²) in [6.45, 7) is 13.2.